The normalized spacial score (nSPS) is 21.7. The summed E-state index contributed by atoms with van der Waals surface area (Å²) in [6, 6.07) is 15.5. The van der Waals surface area contributed by atoms with Gasteiger partial charge in [-0.25, -0.2) is 13.8 Å². The summed E-state index contributed by atoms with van der Waals surface area (Å²) in [5, 5.41) is 6.61. The highest BCUT2D eigenvalue weighted by Crippen LogP contribution is 2.41. The number of hydrazine groups is 1. The number of nitrogens with zero attached hydrogens (tertiary/aromatic N) is 5. The van der Waals surface area contributed by atoms with E-state index < -0.39 is 57.3 Å². The molecule has 0 unspecified atom stereocenters. The molecule has 66 heavy (non-hydrogen) atoms. The van der Waals surface area contributed by atoms with E-state index in [9.17, 15) is 27.6 Å². The topological polar surface area (TPSA) is 172 Å². The number of cyclic esters (lactones) is 1. The molecule has 7 rings (SSSR count). The van der Waals surface area contributed by atoms with Crippen molar-refractivity contribution in [2.45, 2.75) is 97.9 Å². The van der Waals surface area contributed by atoms with E-state index in [2.05, 4.69) is 60.5 Å². The Hall–Kier alpha value is -5.42. The Kier molecular flexibility index (Phi) is 14.6. The van der Waals surface area contributed by atoms with Gasteiger partial charge in [-0.15, -0.1) is 0 Å². The minimum absolute atomic E-state index is 0.0141. The Morgan fingerprint density at radius 3 is 2.53 bits per heavy atom. The maximum atomic E-state index is 14.7. The molecule has 0 spiro atoms. The van der Waals surface area contributed by atoms with E-state index >= 15 is 0 Å². The highest BCUT2D eigenvalue weighted by Gasteiger charge is 2.41. The lowest BCUT2D eigenvalue weighted by Crippen LogP contribution is -2.62. The first kappa shape index (κ1) is 48.5. The summed E-state index contributed by atoms with van der Waals surface area (Å²) in [6.07, 6.45) is 4.97. The van der Waals surface area contributed by atoms with Crippen molar-refractivity contribution >= 4 is 44.6 Å². The predicted molar refractivity (Wildman–Crippen MR) is 254 cm³/mol. The summed E-state index contributed by atoms with van der Waals surface area (Å²) in [7, 11) is 1.63. The molecule has 3 amide bonds. The Balaban J connectivity index is 1.26. The van der Waals surface area contributed by atoms with Crippen LogP contribution in [0.1, 0.15) is 83.7 Å². The summed E-state index contributed by atoms with van der Waals surface area (Å²) < 4.78 is 40.9. The van der Waals surface area contributed by atoms with Gasteiger partial charge in [-0.2, -0.15) is 4.31 Å². The monoisotopic (exact) mass is 923 g/mol. The zero-order chi connectivity index (χ0) is 47.7. The minimum atomic E-state index is -3.67. The molecule has 354 valence electrons. The summed E-state index contributed by atoms with van der Waals surface area (Å²) >= 11 is 0. The van der Waals surface area contributed by atoms with Crippen LogP contribution in [0.5, 0.6) is 0 Å². The number of amides is 3. The van der Waals surface area contributed by atoms with Crippen LogP contribution in [0.3, 0.4) is 0 Å². The van der Waals surface area contributed by atoms with Crippen LogP contribution in [0.2, 0.25) is 0 Å². The molecule has 15 nitrogen and oxygen atoms in total. The largest absolute Gasteiger partial charge is 0.464 e. The zero-order valence-electron chi connectivity index (χ0n) is 39.7. The third-order valence-electron chi connectivity index (χ3n) is 13.3. The quantitative estimate of drug-likeness (QED) is 0.182. The molecule has 2 aromatic carbocycles. The van der Waals surface area contributed by atoms with E-state index in [4.69, 9.17) is 14.5 Å². The number of nitrogens with one attached hydrogen (secondary N) is 2. The molecule has 4 aromatic rings. The fourth-order valence-electron chi connectivity index (χ4n) is 9.82. The first-order valence-corrected chi connectivity index (χ1v) is 24.5. The molecule has 2 fully saturated rings. The van der Waals surface area contributed by atoms with Gasteiger partial charge in [0.15, 0.2) is 0 Å². The molecule has 5 atom stereocenters. The number of methoxy groups -OCH3 is 1. The zero-order valence-corrected chi connectivity index (χ0v) is 40.5. The lowest BCUT2D eigenvalue weighted by atomic mass is 9.84. The van der Waals surface area contributed by atoms with Crippen molar-refractivity contribution in [3.8, 4) is 22.4 Å². The van der Waals surface area contributed by atoms with E-state index in [-0.39, 0.29) is 44.0 Å². The van der Waals surface area contributed by atoms with Crippen molar-refractivity contribution in [1.82, 2.24) is 34.5 Å². The molecule has 2 saturated heterocycles. The van der Waals surface area contributed by atoms with Crippen molar-refractivity contribution < 1.29 is 37.1 Å². The lowest BCUT2D eigenvalue weighted by Gasteiger charge is -2.37. The van der Waals surface area contributed by atoms with Crippen LogP contribution in [0.4, 0.5) is 0 Å². The summed E-state index contributed by atoms with van der Waals surface area (Å²) in [6.45, 7) is 12.1. The van der Waals surface area contributed by atoms with Crippen molar-refractivity contribution in [2.75, 3.05) is 40.4 Å². The smallest absolute Gasteiger partial charge is 0.324 e. The van der Waals surface area contributed by atoms with Gasteiger partial charge in [-0.1, -0.05) is 64.1 Å². The van der Waals surface area contributed by atoms with Crippen LogP contribution in [0.25, 0.3) is 33.3 Å². The van der Waals surface area contributed by atoms with Crippen molar-refractivity contribution in [1.29, 1.82) is 0 Å². The number of benzene rings is 2. The van der Waals surface area contributed by atoms with E-state index in [0.717, 1.165) is 55.5 Å². The molecule has 0 radical (unpaired) electrons. The number of carbonyl (C=O) groups excluding carboxylic acids is 4. The van der Waals surface area contributed by atoms with Gasteiger partial charge >= 0.3 is 5.97 Å². The average Bonchev–Trinajstić information content (AvgIpc) is 3.90. The van der Waals surface area contributed by atoms with E-state index in [1.54, 1.807) is 27.3 Å². The summed E-state index contributed by atoms with van der Waals surface area (Å²) in [5.41, 5.74) is 10.2. The van der Waals surface area contributed by atoms with Gasteiger partial charge in [-0.3, -0.25) is 29.2 Å². The second kappa shape index (κ2) is 19.8. The fourth-order valence-corrected chi connectivity index (χ4v) is 11.1. The van der Waals surface area contributed by atoms with Gasteiger partial charge in [0.25, 0.3) is 5.91 Å². The first-order chi connectivity index (χ1) is 31.3. The molecule has 0 saturated carbocycles. The van der Waals surface area contributed by atoms with Gasteiger partial charge in [0.05, 0.1) is 30.0 Å². The molecular formula is C50H65N7O8S. The standard InChI is InChI=1S/C50H65N7O8S/c1-10-24-66(62,63)56-23-20-36(29-56)47(59)55(8)44(31(2)3)46(58)52-41-26-33-14-11-15-34(25-33)35-18-19-42-38(27-35)39(45(54(42)7)37-16-12-21-51-43(37)32(4)64-9)28-50(5,6)30-65-49(61)40-17-13-22-57(53-40)48(41)60/h10-12,14-16,18-19,21,24-25,27,31-32,36,40-41,44,53H,13,17,20,22-23,26,28-30H2,1-9H3,(H,52,58)/b24-10+/t32-,36-,40-,41-,44-/m0/s1. The van der Waals surface area contributed by atoms with Crippen LogP contribution in [-0.2, 0) is 58.6 Å². The van der Waals surface area contributed by atoms with Gasteiger partial charge in [0.2, 0.25) is 21.8 Å². The van der Waals surface area contributed by atoms with Crippen molar-refractivity contribution in [3.05, 3.63) is 89.1 Å². The van der Waals surface area contributed by atoms with Crippen LogP contribution >= 0.6 is 0 Å². The van der Waals surface area contributed by atoms with Gasteiger partial charge in [0, 0.05) is 80.7 Å². The Morgan fingerprint density at radius 2 is 1.80 bits per heavy atom. The Bertz CT molecular complexity index is 2620. The number of rotatable bonds is 10. The molecule has 16 heteroatoms. The van der Waals surface area contributed by atoms with Gasteiger partial charge < -0.3 is 24.3 Å². The van der Waals surface area contributed by atoms with Gasteiger partial charge in [-0.05, 0) is 92.0 Å². The third-order valence-corrected chi connectivity index (χ3v) is 14.9. The molecule has 2 aromatic heterocycles. The number of carbonyl (C=O) groups is 4. The van der Waals surface area contributed by atoms with Crippen molar-refractivity contribution in [2.24, 2.45) is 24.3 Å². The third kappa shape index (κ3) is 10.1. The van der Waals surface area contributed by atoms with Crippen LogP contribution in [-0.4, -0.2) is 114 Å². The number of pyridine rings is 1. The molecule has 5 heterocycles. The van der Waals surface area contributed by atoms with Crippen LogP contribution < -0.4 is 10.7 Å². The highest BCUT2D eigenvalue weighted by atomic mass is 32.2. The van der Waals surface area contributed by atoms with E-state index in [1.807, 2.05) is 51.1 Å². The van der Waals surface area contributed by atoms with E-state index in [1.165, 1.54) is 20.3 Å². The predicted octanol–water partition coefficient (Wildman–Crippen LogP) is 5.93. The lowest BCUT2D eigenvalue weighted by molar-refractivity contribution is -0.155. The number of fused-ring (bicyclic) bond motifs is 6. The number of aromatic nitrogens is 2. The first-order valence-electron chi connectivity index (χ1n) is 23.0. The number of ether oxygens (including phenoxy) is 2. The molecule has 2 N–H and O–H groups in total. The van der Waals surface area contributed by atoms with Gasteiger partial charge in [0.1, 0.15) is 18.1 Å². The highest BCUT2D eigenvalue weighted by molar-refractivity contribution is 7.92. The number of aryl methyl sites for hydroxylation is 1. The maximum absolute atomic E-state index is 14.7. The number of likely N-dealkylation sites (N-methyl/N-ethyl adjacent to an activating group) is 1. The maximum Gasteiger partial charge on any atom is 0.324 e. The molecule has 3 aliphatic rings. The molecule has 6 bridgehead atoms. The Morgan fingerprint density at radius 1 is 1.05 bits per heavy atom. The van der Waals surface area contributed by atoms with Crippen molar-refractivity contribution in [3.63, 3.8) is 0 Å². The number of esters is 1. The number of hydrogen-bond acceptors (Lipinski definition) is 10. The number of allylic oxidation sites excluding steroid dienone is 1. The van der Waals surface area contributed by atoms with Crippen LogP contribution in [0, 0.1) is 17.3 Å². The number of hydrogen-bond donors (Lipinski definition) is 2. The molecular weight excluding hydrogens is 859 g/mol. The van der Waals surface area contributed by atoms with Crippen LogP contribution in [0.15, 0.2) is 72.3 Å². The van der Waals surface area contributed by atoms with E-state index in [0.29, 0.717) is 32.2 Å². The fraction of sp³-hybridized carbons (Fsp3) is 0.500. The average molecular weight is 924 g/mol. The second-order valence-electron chi connectivity index (χ2n) is 19.2. The minimum Gasteiger partial charge on any atom is -0.464 e. The second-order valence-corrected chi connectivity index (χ2v) is 21.0. The Labute approximate surface area is 388 Å². The molecule has 3 aliphatic heterocycles. The number of sulfonamides is 1. The SMILES string of the molecule is C/C=C/S(=O)(=O)N1CC[C@H](C(=O)N(C)[C@H](C(=O)N[C@H]2Cc3cccc(c3)-c3ccc4c(c3)c(c(-c3cccnc3[C@H](C)OC)n4C)CC(C)(C)COC(=O)[C@@H]3CCCN(N3)C2=O)C(C)C)C1. The molecule has 0 aliphatic carbocycles. The summed E-state index contributed by atoms with van der Waals surface area (Å²) in [5.74, 6) is -2.74. The summed E-state index contributed by atoms with van der Waals surface area (Å²) in [4.78, 5) is 63.2.